The molecule has 3 rings (SSSR count). The number of benzene rings is 1. The average Bonchev–Trinajstić information content (AvgIpc) is 2.67. The van der Waals surface area contributed by atoms with Gasteiger partial charge in [0.1, 0.15) is 12.4 Å². The van der Waals surface area contributed by atoms with Crippen molar-refractivity contribution in [3.05, 3.63) is 65.0 Å². The molecule has 136 valence electrons. The molecule has 0 saturated carbocycles. The van der Waals surface area contributed by atoms with Crippen molar-refractivity contribution < 1.29 is 14.8 Å². The molecule has 0 bridgehead atoms. The van der Waals surface area contributed by atoms with Crippen molar-refractivity contribution in [1.29, 1.82) is 0 Å². The van der Waals surface area contributed by atoms with Gasteiger partial charge in [0.05, 0.1) is 10.6 Å². The molecule has 0 aliphatic rings. The van der Waals surface area contributed by atoms with E-state index in [0.29, 0.717) is 17.2 Å². The number of carbonyl (C=O) groups is 1. The predicted molar refractivity (Wildman–Crippen MR) is 97.8 cm³/mol. The molecule has 0 saturated heterocycles. The highest BCUT2D eigenvalue weighted by atomic mass is 16.6. The molecule has 3 aromatic rings. The number of nitro groups is 1. The lowest BCUT2D eigenvalue weighted by Crippen LogP contribution is -2.15. The Morgan fingerprint density at radius 1 is 1.11 bits per heavy atom. The summed E-state index contributed by atoms with van der Waals surface area (Å²) in [7, 11) is 0. The largest absolute Gasteiger partial charge is 0.480 e. The predicted octanol–water partition coefficient (Wildman–Crippen LogP) is 2.69. The highest BCUT2D eigenvalue weighted by Gasteiger charge is 2.09. The number of anilines is 3. The van der Waals surface area contributed by atoms with Gasteiger partial charge >= 0.3 is 5.97 Å². The number of pyridine rings is 1. The molecule has 0 amide bonds. The number of nitrogens with one attached hydrogen (secondary N) is 2. The van der Waals surface area contributed by atoms with E-state index in [1.165, 1.54) is 12.1 Å². The normalized spacial score (nSPS) is 10.2. The lowest BCUT2D eigenvalue weighted by Gasteiger charge is -2.10. The minimum atomic E-state index is -1.04. The highest BCUT2D eigenvalue weighted by Crippen LogP contribution is 2.24. The number of hydrogen-bond donors (Lipinski definition) is 3. The monoisotopic (exact) mass is 366 g/mol. The van der Waals surface area contributed by atoms with Crippen LogP contribution in [-0.4, -0.2) is 37.5 Å². The van der Waals surface area contributed by atoms with Gasteiger partial charge in [0, 0.05) is 41.8 Å². The van der Waals surface area contributed by atoms with Gasteiger partial charge in [-0.15, -0.1) is 0 Å². The fourth-order valence-corrected chi connectivity index (χ4v) is 2.23. The van der Waals surface area contributed by atoms with Crippen LogP contribution in [0.3, 0.4) is 0 Å². The zero-order valence-corrected chi connectivity index (χ0v) is 13.9. The Morgan fingerprint density at radius 2 is 1.81 bits per heavy atom. The number of rotatable bonds is 7. The summed E-state index contributed by atoms with van der Waals surface area (Å²) < 4.78 is 0. The zero-order chi connectivity index (χ0) is 19.2. The van der Waals surface area contributed by atoms with Gasteiger partial charge in [-0.3, -0.25) is 19.9 Å². The Morgan fingerprint density at radius 3 is 2.44 bits per heavy atom. The SMILES string of the molecule is O=C(O)CNc1nc(Nc2ccc([N+](=O)[O-])cc2)cc(-c2ccncc2)n1. The van der Waals surface area contributed by atoms with E-state index in [4.69, 9.17) is 5.11 Å². The van der Waals surface area contributed by atoms with Crippen LogP contribution in [0.2, 0.25) is 0 Å². The van der Waals surface area contributed by atoms with Crippen LogP contribution < -0.4 is 10.6 Å². The minimum Gasteiger partial charge on any atom is -0.480 e. The fourth-order valence-electron chi connectivity index (χ4n) is 2.23. The Kier molecular flexibility index (Phi) is 5.17. The van der Waals surface area contributed by atoms with Crippen molar-refractivity contribution >= 4 is 29.1 Å². The molecule has 2 heterocycles. The molecule has 1 aromatic carbocycles. The van der Waals surface area contributed by atoms with E-state index >= 15 is 0 Å². The van der Waals surface area contributed by atoms with Gasteiger partial charge in [-0.2, -0.15) is 4.98 Å². The Balaban J connectivity index is 1.91. The molecule has 3 N–H and O–H groups in total. The molecule has 2 aromatic heterocycles. The van der Waals surface area contributed by atoms with Gasteiger partial charge in [0.15, 0.2) is 0 Å². The van der Waals surface area contributed by atoms with E-state index in [2.05, 4.69) is 25.6 Å². The minimum absolute atomic E-state index is 0.0236. The van der Waals surface area contributed by atoms with Gasteiger partial charge in [-0.25, -0.2) is 4.98 Å². The number of hydrogen-bond acceptors (Lipinski definition) is 8. The molecule has 0 unspecified atom stereocenters. The van der Waals surface area contributed by atoms with Crippen LogP contribution in [0.4, 0.5) is 23.1 Å². The smallest absolute Gasteiger partial charge is 0.322 e. The molecule has 0 atom stereocenters. The van der Waals surface area contributed by atoms with Crippen LogP contribution in [0.15, 0.2) is 54.9 Å². The molecule has 10 heteroatoms. The molecule has 27 heavy (non-hydrogen) atoms. The first-order chi connectivity index (χ1) is 13.0. The first-order valence-electron chi connectivity index (χ1n) is 7.78. The lowest BCUT2D eigenvalue weighted by molar-refractivity contribution is -0.384. The van der Waals surface area contributed by atoms with Crippen molar-refractivity contribution in [2.24, 2.45) is 0 Å². The Labute approximate surface area is 153 Å². The molecule has 0 aliphatic heterocycles. The maximum Gasteiger partial charge on any atom is 0.322 e. The van der Waals surface area contributed by atoms with Gasteiger partial charge in [-0.1, -0.05) is 0 Å². The highest BCUT2D eigenvalue weighted by molar-refractivity contribution is 5.73. The van der Waals surface area contributed by atoms with Gasteiger partial charge in [0.2, 0.25) is 5.95 Å². The summed E-state index contributed by atoms with van der Waals surface area (Å²) in [6, 6.07) is 11.1. The van der Waals surface area contributed by atoms with E-state index in [0.717, 1.165) is 5.56 Å². The maximum absolute atomic E-state index is 10.8. The number of aliphatic carboxylic acids is 1. The van der Waals surface area contributed by atoms with Gasteiger partial charge in [0.25, 0.3) is 5.69 Å². The van der Waals surface area contributed by atoms with Crippen molar-refractivity contribution in [2.75, 3.05) is 17.2 Å². The Hall–Kier alpha value is -4.08. The summed E-state index contributed by atoms with van der Waals surface area (Å²) in [6.07, 6.45) is 3.23. The van der Waals surface area contributed by atoms with E-state index in [-0.39, 0.29) is 18.2 Å². The second-order valence-corrected chi connectivity index (χ2v) is 5.37. The van der Waals surface area contributed by atoms with Crippen LogP contribution in [0.5, 0.6) is 0 Å². The molecule has 0 fully saturated rings. The summed E-state index contributed by atoms with van der Waals surface area (Å²) in [5.41, 5.74) is 1.90. The van der Waals surface area contributed by atoms with Crippen LogP contribution >= 0.6 is 0 Å². The third-order valence-electron chi connectivity index (χ3n) is 3.45. The first-order valence-corrected chi connectivity index (χ1v) is 7.78. The van der Waals surface area contributed by atoms with Crippen LogP contribution in [-0.2, 0) is 4.79 Å². The first kappa shape index (κ1) is 17.7. The molecule has 0 aliphatic carbocycles. The van der Waals surface area contributed by atoms with Gasteiger partial charge < -0.3 is 15.7 Å². The third kappa shape index (κ3) is 4.72. The average molecular weight is 366 g/mol. The van der Waals surface area contributed by atoms with E-state index in [9.17, 15) is 14.9 Å². The Bertz CT molecular complexity index is 963. The second-order valence-electron chi connectivity index (χ2n) is 5.37. The van der Waals surface area contributed by atoms with E-state index < -0.39 is 10.9 Å². The summed E-state index contributed by atoms with van der Waals surface area (Å²) >= 11 is 0. The number of nitrogens with zero attached hydrogens (tertiary/aromatic N) is 4. The van der Waals surface area contributed by atoms with Crippen molar-refractivity contribution in [3.63, 3.8) is 0 Å². The van der Waals surface area contributed by atoms with Crippen LogP contribution in [0, 0.1) is 10.1 Å². The molecule has 0 spiro atoms. The van der Waals surface area contributed by atoms with Crippen LogP contribution in [0.25, 0.3) is 11.3 Å². The number of carboxylic acids is 1. The molecule has 10 nitrogen and oxygen atoms in total. The summed E-state index contributed by atoms with van der Waals surface area (Å²) in [5, 5.41) is 25.3. The molecular weight excluding hydrogens is 352 g/mol. The van der Waals surface area contributed by atoms with Crippen molar-refractivity contribution in [3.8, 4) is 11.3 Å². The second kappa shape index (κ2) is 7.87. The van der Waals surface area contributed by atoms with Crippen molar-refractivity contribution in [1.82, 2.24) is 15.0 Å². The van der Waals surface area contributed by atoms with Crippen LogP contribution in [0.1, 0.15) is 0 Å². The fraction of sp³-hybridized carbons (Fsp3) is 0.0588. The molecule has 0 radical (unpaired) electrons. The van der Waals surface area contributed by atoms with E-state index in [1.54, 1.807) is 42.7 Å². The number of aromatic nitrogens is 3. The number of carboxylic acid groups (broad SMARTS) is 1. The summed E-state index contributed by atoms with van der Waals surface area (Å²) in [4.78, 5) is 33.6. The molecular formula is C17H14N6O4. The quantitative estimate of drug-likeness (QED) is 0.424. The van der Waals surface area contributed by atoms with E-state index in [1.807, 2.05) is 0 Å². The summed E-state index contributed by atoms with van der Waals surface area (Å²) in [6.45, 7) is -0.337. The van der Waals surface area contributed by atoms with Gasteiger partial charge in [-0.05, 0) is 24.3 Å². The number of non-ortho nitro benzene ring substituents is 1. The number of nitro benzene ring substituents is 1. The third-order valence-corrected chi connectivity index (χ3v) is 3.45. The topological polar surface area (TPSA) is 143 Å². The standard InChI is InChI=1S/C17H14N6O4/c24-16(25)10-19-17-21-14(11-5-7-18-8-6-11)9-15(22-17)20-12-1-3-13(4-2-12)23(26)27/h1-9H,10H2,(H,24,25)(H2,19,20,21,22). The lowest BCUT2D eigenvalue weighted by atomic mass is 10.2. The summed E-state index contributed by atoms with van der Waals surface area (Å²) in [5.74, 6) is -0.507. The van der Waals surface area contributed by atoms with Crippen molar-refractivity contribution in [2.45, 2.75) is 0 Å². The zero-order valence-electron chi connectivity index (χ0n) is 13.9. The maximum atomic E-state index is 10.8.